The molecule has 4 aromatic rings. The second-order valence-electron chi connectivity index (χ2n) is 12.8. The number of aliphatic hydroxyl groups excluding tert-OH is 1. The number of ether oxygens (including phenoxy) is 3. The highest BCUT2D eigenvalue weighted by Gasteiger charge is 2.19. The van der Waals surface area contributed by atoms with Crippen molar-refractivity contribution in [1.29, 1.82) is 5.26 Å². The van der Waals surface area contributed by atoms with Crippen LogP contribution in [-0.2, 0) is 19.8 Å². The van der Waals surface area contributed by atoms with Crippen LogP contribution in [0, 0.1) is 32.1 Å². The molecule has 1 atom stereocenters. The molecule has 2 heterocycles. The first kappa shape index (κ1) is 36.2. The monoisotopic (exact) mass is 682 g/mol. The minimum Gasteiger partial charge on any atom is -0.493 e. The molecule has 1 aromatic heterocycles. The second kappa shape index (κ2) is 17.5. The Kier molecular flexibility index (Phi) is 12.9. The van der Waals surface area contributed by atoms with Gasteiger partial charge in [0.25, 0.3) is 0 Å². The summed E-state index contributed by atoms with van der Waals surface area (Å²) in [5.74, 6) is 2.05. The number of nitrogens with zero attached hydrogens (tertiary/aromatic N) is 3. The van der Waals surface area contributed by atoms with Crippen LogP contribution in [0.1, 0.15) is 65.1 Å². The van der Waals surface area contributed by atoms with Crippen molar-refractivity contribution in [2.24, 2.45) is 0 Å². The van der Waals surface area contributed by atoms with Gasteiger partial charge >= 0.3 is 0 Å². The predicted octanol–water partition coefficient (Wildman–Crippen LogP) is 7.69. The molecule has 2 N–H and O–H groups in total. The molecule has 5 rings (SSSR count). The van der Waals surface area contributed by atoms with E-state index in [4.69, 9.17) is 25.8 Å². The average Bonchev–Trinajstić information content (AvgIpc) is 3.64. The molecule has 49 heavy (non-hydrogen) atoms. The van der Waals surface area contributed by atoms with Crippen LogP contribution < -0.4 is 19.5 Å². The summed E-state index contributed by atoms with van der Waals surface area (Å²) in [7, 11) is 0. The maximum Gasteiger partial charge on any atom is 0.142 e. The molecule has 258 valence electrons. The van der Waals surface area contributed by atoms with Crippen molar-refractivity contribution in [3.63, 3.8) is 0 Å². The van der Waals surface area contributed by atoms with E-state index in [-0.39, 0.29) is 19.3 Å². The zero-order valence-electron chi connectivity index (χ0n) is 29.0. The Hall–Kier alpha value is -4.13. The highest BCUT2D eigenvalue weighted by Crippen LogP contribution is 2.39. The summed E-state index contributed by atoms with van der Waals surface area (Å²) in [4.78, 5) is 6.67. The number of aromatic nitrogens is 1. The van der Waals surface area contributed by atoms with E-state index in [9.17, 15) is 10.4 Å². The fourth-order valence-electron chi connectivity index (χ4n) is 6.18. The number of rotatable bonds is 16. The van der Waals surface area contributed by atoms with Crippen LogP contribution in [0.5, 0.6) is 17.2 Å². The molecule has 1 fully saturated rings. The number of aliphatic hydroxyl groups is 1. The lowest BCUT2D eigenvalue weighted by atomic mass is 9.93. The minimum absolute atomic E-state index is 0.00486. The summed E-state index contributed by atoms with van der Waals surface area (Å²) in [6.45, 7) is 13.3. The van der Waals surface area contributed by atoms with E-state index in [1.54, 1.807) is 12.3 Å². The van der Waals surface area contributed by atoms with E-state index in [0.29, 0.717) is 41.8 Å². The molecule has 0 radical (unpaired) electrons. The number of pyridine rings is 1. The molecule has 9 heteroatoms. The highest BCUT2D eigenvalue weighted by molar-refractivity contribution is 6.33. The number of likely N-dealkylation sites (tertiary alicyclic amines) is 1. The number of hydrogen-bond acceptors (Lipinski definition) is 8. The molecule has 0 spiro atoms. The molecule has 1 aliphatic rings. The van der Waals surface area contributed by atoms with Crippen molar-refractivity contribution >= 4 is 11.6 Å². The van der Waals surface area contributed by atoms with E-state index in [0.717, 1.165) is 63.2 Å². The third-order valence-corrected chi connectivity index (χ3v) is 9.73. The molecule has 0 saturated carbocycles. The molecule has 8 nitrogen and oxygen atoms in total. The third-order valence-electron chi connectivity index (χ3n) is 9.26. The van der Waals surface area contributed by atoms with Crippen LogP contribution in [0.2, 0.25) is 5.02 Å². The standard InChI is InChI=1S/C40H47ClN4O4/c1-27(24-46)44-23-36-30(4)40(41)39(19-38(36)48-25-32-18-31(20-42)21-43-22-32)49-26-33-10-7-11-34(28(33)2)35-12-8-13-37(29(35)3)47-17-9-16-45-14-5-6-15-45/h7-8,10-13,18-19,21-22,27,44,46H,5-6,9,14-17,23-26H2,1-4H3. The Morgan fingerprint density at radius 1 is 0.918 bits per heavy atom. The summed E-state index contributed by atoms with van der Waals surface area (Å²) >= 11 is 6.92. The molecule has 1 aliphatic heterocycles. The Morgan fingerprint density at radius 3 is 2.41 bits per heavy atom. The van der Waals surface area contributed by atoms with Gasteiger partial charge in [0, 0.05) is 48.7 Å². The van der Waals surface area contributed by atoms with Crippen LogP contribution in [0.15, 0.2) is 60.9 Å². The highest BCUT2D eigenvalue weighted by atomic mass is 35.5. The molecular weight excluding hydrogens is 636 g/mol. The van der Waals surface area contributed by atoms with Gasteiger partial charge in [0.15, 0.2) is 0 Å². The Balaban J connectivity index is 1.33. The minimum atomic E-state index is -0.107. The lowest BCUT2D eigenvalue weighted by Crippen LogP contribution is -2.29. The molecule has 0 bridgehead atoms. The maximum atomic E-state index is 9.57. The molecule has 0 aliphatic carbocycles. The van der Waals surface area contributed by atoms with Crippen molar-refractivity contribution in [3.8, 4) is 34.4 Å². The van der Waals surface area contributed by atoms with Gasteiger partial charge in [0.05, 0.1) is 23.8 Å². The topological polar surface area (TPSA) is 99.9 Å². The van der Waals surface area contributed by atoms with Gasteiger partial charge in [0.2, 0.25) is 0 Å². The molecule has 0 amide bonds. The fraction of sp³-hybridized carbons (Fsp3) is 0.400. The molecule has 1 saturated heterocycles. The van der Waals surface area contributed by atoms with Crippen molar-refractivity contribution < 1.29 is 19.3 Å². The average molecular weight is 683 g/mol. The first-order valence-electron chi connectivity index (χ1n) is 17.1. The van der Waals surface area contributed by atoms with Crippen LogP contribution in [0.3, 0.4) is 0 Å². The van der Waals surface area contributed by atoms with Gasteiger partial charge in [-0.3, -0.25) is 4.98 Å². The summed E-state index contributed by atoms with van der Waals surface area (Å²) < 4.78 is 19.0. The molecule has 1 unspecified atom stereocenters. The number of halogens is 1. The summed E-state index contributed by atoms with van der Waals surface area (Å²) in [6.07, 6.45) is 6.84. The number of nitriles is 1. The van der Waals surface area contributed by atoms with Crippen LogP contribution in [0.25, 0.3) is 11.1 Å². The number of benzene rings is 3. The number of hydrogen-bond donors (Lipinski definition) is 2. The first-order valence-corrected chi connectivity index (χ1v) is 17.5. The van der Waals surface area contributed by atoms with Gasteiger partial charge in [-0.15, -0.1) is 0 Å². The zero-order chi connectivity index (χ0) is 34.8. The lowest BCUT2D eigenvalue weighted by molar-refractivity contribution is 0.249. The molecular formula is C40H47ClN4O4. The van der Waals surface area contributed by atoms with Gasteiger partial charge in [0.1, 0.15) is 36.5 Å². The van der Waals surface area contributed by atoms with E-state index < -0.39 is 0 Å². The van der Waals surface area contributed by atoms with E-state index >= 15 is 0 Å². The Labute approximate surface area is 295 Å². The summed E-state index contributed by atoms with van der Waals surface area (Å²) in [5.41, 5.74) is 8.53. The lowest BCUT2D eigenvalue weighted by Gasteiger charge is -2.21. The normalized spacial score (nSPS) is 13.7. The van der Waals surface area contributed by atoms with Gasteiger partial charge < -0.3 is 29.5 Å². The first-order chi connectivity index (χ1) is 23.8. The quantitative estimate of drug-likeness (QED) is 0.116. The maximum absolute atomic E-state index is 9.57. The fourth-order valence-corrected chi connectivity index (χ4v) is 6.40. The zero-order valence-corrected chi connectivity index (χ0v) is 29.8. The predicted molar refractivity (Wildman–Crippen MR) is 194 cm³/mol. The summed E-state index contributed by atoms with van der Waals surface area (Å²) in [5, 5.41) is 22.7. The SMILES string of the molecule is Cc1c(COc2cc(OCc3cncc(C#N)c3)c(CNC(C)CO)c(C)c2Cl)cccc1-c1cccc(OCCCN2CCCC2)c1C. The van der Waals surface area contributed by atoms with Crippen molar-refractivity contribution in [2.75, 3.05) is 32.8 Å². The molecule has 3 aromatic carbocycles. The largest absolute Gasteiger partial charge is 0.493 e. The van der Waals surface area contributed by atoms with E-state index in [1.807, 2.05) is 19.9 Å². The van der Waals surface area contributed by atoms with Gasteiger partial charge in [-0.2, -0.15) is 5.26 Å². The van der Waals surface area contributed by atoms with E-state index in [1.165, 1.54) is 32.1 Å². The van der Waals surface area contributed by atoms with Gasteiger partial charge in [-0.05, 0) is 106 Å². The Morgan fingerprint density at radius 2 is 1.65 bits per heavy atom. The van der Waals surface area contributed by atoms with Crippen molar-refractivity contribution in [1.82, 2.24) is 15.2 Å². The summed E-state index contributed by atoms with van der Waals surface area (Å²) in [6, 6.07) is 18.2. The Bertz CT molecular complexity index is 1770. The van der Waals surface area contributed by atoms with E-state index in [2.05, 4.69) is 71.5 Å². The van der Waals surface area contributed by atoms with Crippen LogP contribution in [0.4, 0.5) is 0 Å². The van der Waals surface area contributed by atoms with Crippen LogP contribution in [-0.4, -0.2) is 53.9 Å². The second-order valence-corrected chi connectivity index (χ2v) is 13.2. The smallest absolute Gasteiger partial charge is 0.142 e. The third kappa shape index (κ3) is 9.31. The van der Waals surface area contributed by atoms with Gasteiger partial charge in [-0.1, -0.05) is 41.9 Å². The van der Waals surface area contributed by atoms with Crippen LogP contribution >= 0.6 is 11.6 Å². The van der Waals surface area contributed by atoms with Crippen molar-refractivity contribution in [3.05, 3.63) is 105 Å². The van der Waals surface area contributed by atoms with Crippen molar-refractivity contribution in [2.45, 2.75) is 72.8 Å². The number of nitrogens with one attached hydrogen (secondary N) is 1. The van der Waals surface area contributed by atoms with Gasteiger partial charge in [-0.25, -0.2) is 0 Å².